The Morgan fingerprint density at radius 2 is 1.73 bits per heavy atom. The first-order valence-corrected chi connectivity index (χ1v) is 7.45. The average molecular weight is 325 g/mol. The lowest BCUT2D eigenvalue weighted by molar-refractivity contribution is -0.125. The fourth-order valence-corrected chi connectivity index (χ4v) is 1.79. The Kier molecular flexibility index (Phi) is 9.55. The summed E-state index contributed by atoms with van der Waals surface area (Å²) in [5.74, 6) is 0.780. The average Bonchev–Trinajstić information content (AvgIpc) is 2.21. The summed E-state index contributed by atoms with van der Waals surface area (Å²) in [4.78, 5) is 11.6. The number of hydrogen-bond acceptors (Lipinski definition) is 1. The van der Waals surface area contributed by atoms with E-state index in [-0.39, 0.29) is 11.8 Å². The van der Waals surface area contributed by atoms with Crippen LogP contribution in [0.1, 0.15) is 46.5 Å². The van der Waals surface area contributed by atoms with Gasteiger partial charge in [-0.25, -0.2) is 0 Å². The monoisotopic (exact) mass is 325 g/mol. The third-order valence-electron chi connectivity index (χ3n) is 2.77. The van der Waals surface area contributed by atoms with E-state index in [1.807, 2.05) is 6.92 Å². The number of hydrogen-bond donors (Lipinski definition) is 1. The minimum Gasteiger partial charge on any atom is -0.356 e. The zero-order valence-corrected chi connectivity index (χ0v) is 12.3. The van der Waals surface area contributed by atoms with Crippen molar-refractivity contribution in [2.24, 2.45) is 11.8 Å². The summed E-state index contributed by atoms with van der Waals surface area (Å²) < 4.78 is 1.24. The van der Waals surface area contributed by atoms with Gasteiger partial charge in [-0.3, -0.25) is 4.79 Å². The van der Waals surface area contributed by atoms with Crippen LogP contribution in [0.3, 0.4) is 0 Å². The second kappa shape index (κ2) is 9.43. The lowest BCUT2D eigenvalue weighted by Crippen LogP contribution is -2.32. The molecule has 1 amide bonds. The Morgan fingerprint density at radius 3 is 2.27 bits per heavy atom. The van der Waals surface area contributed by atoms with Crippen molar-refractivity contribution < 1.29 is 4.79 Å². The van der Waals surface area contributed by atoms with E-state index in [2.05, 4.69) is 41.8 Å². The molecule has 0 saturated carbocycles. The lowest BCUT2D eigenvalue weighted by Gasteiger charge is -2.15. The Hall–Kier alpha value is 0.200. The summed E-state index contributed by atoms with van der Waals surface area (Å²) in [6, 6.07) is 0. The molecule has 0 rings (SSSR count). The predicted octanol–water partition coefficient (Wildman–Crippen LogP) is 3.39. The molecule has 0 aromatic rings. The van der Waals surface area contributed by atoms with Crippen molar-refractivity contribution in [3.63, 3.8) is 0 Å². The van der Waals surface area contributed by atoms with Gasteiger partial charge in [0.2, 0.25) is 5.91 Å². The van der Waals surface area contributed by atoms with Crippen LogP contribution in [0.25, 0.3) is 0 Å². The van der Waals surface area contributed by atoms with Crippen LogP contribution in [0.2, 0.25) is 0 Å². The molecular formula is C12H24INO. The molecule has 90 valence electrons. The quantitative estimate of drug-likeness (QED) is 0.414. The number of carbonyl (C=O) groups is 1. The topological polar surface area (TPSA) is 29.1 Å². The maximum atomic E-state index is 11.6. The standard InChI is InChI=1S/C12H24INO/c1-10(2)11(3)12(15)14-9-7-5-4-6-8-13/h10-11H,4-9H2,1-3H3,(H,14,15). The number of halogens is 1. The number of alkyl halides is 1. The maximum absolute atomic E-state index is 11.6. The zero-order chi connectivity index (χ0) is 11.7. The number of carbonyl (C=O) groups excluding carboxylic acids is 1. The summed E-state index contributed by atoms with van der Waals surface area (Å²) >= 11 is 2.41. The highest BCUT2D eigenvalue weighted by atomic mass is 127. The molecule has 0 aromatic carbocycles. The first-order valence-electron chi connectivity index (χ1n) is 5.93. The summed E-state index contributed by atoms with van der Waals surface area (Å²) in [6.45, 7) is 7.02. The highest BCUT2D eigenvalue weighted by Crippen LogP contribution is 2.09. The third kappa shape index (κ3) is 8.05. The molecule has 0 fully saturated rings. The molecule has 0 aliphatic rings. The maximum Gasteiger partial charge on any atom is 0.223 e. The van der Waals surface area contributed by atoms with Crippen LogP contribution in [0.5, 0.6) is 0 Å². The fourth-order valence-electron chi connectivity index (χ4n) is 1.25. The van der Waals surface area contributed by atoms with E-state index >= 15 is 0 Å². The van der Waals surface area contributed by atoms with E-state index in [1.165, 1.54) is 23.7 Å². The second-order valence-corrected chi connectivity index (χ2v) is 5.51. The summed E-state index contributed by atoms with van der Waals surface area (Å²) in [5, 5.41) is 3.00. The van der Waals surface area contributed by atoms with Crippen LogP contribution in [0.15, 0.2) is 0 Å². The van der Waals surface area contributed by atoms with Gasteiger partial charge >= 0.3 is 0 Å². The van der Waals surface area contributed by atoms with E-state index in [9.17, 15) is 4.79 Å². The first kappa shape index (κ1) is 15.2. The Labute approximate surface area is 108 Å². The molecule has 2 nitrogen and oxygen atoms in total. The number of amides is 1. The van der Waals surface area contributed by atoms with Gasteiger partial charge in [0, 0.05) is 12.5 Å². The van der Waals surface area contributed by atoms with E-state index in [4.69, 9.17) is 0 Å². The van der Waals surface area contributed by atoms with Crippen molar-refractivity contribution in [3.8, 4) is 0 Å². The highest BCUT2D eigenvalue weighted by Gasteiger charge is 2.15. The molecule has 0 saturated heterocycles. The minimum atomic E-state index is 0.138. The molecule has 0 aliphatic heterocycles. The van der Waals surface area contributed by atoms with Crippen molar-refractivity contribution in [1.82, 2.24) is 5.32 Å². The van der Waals surface area contributed by atoms with E-state index in [0.29, 0.717) is 5.92 Å². The zero-order valence-electron chi connectivity index (χ0n) is 10.2. The van der Waals surface area contributed by atoms with Crippen LogP contribution in [0.4, 0.5) is 0 Å². The summed E-state index contributed by atoms with van der Waals surface area (Å²) in [5.41, 5.74) is 0. The molecule has 0 heterocycles. The third-order valence-corrected chi connectivity index (χ3v) is 3.54. The van der Waals surface area contributed by atoms with Gasteiger partial charge in [-0.1, -0.05) is 56.2 Å². The highest BCUT2D eigenvalue weighted by molar-refractivity contribution is 14.1. The normalized spacial score (nSPS) is 12.9. The van der Waals surface area contributed by atoms with Crippen LogP contribution in [-0.4, -0.2) is 16.9 Å². The van der Waals surface area contributed by atoms with Crippen molar-refractivity contribution in [2.75, 3.05) is 11.0 Å². The van der Waals surface area contributed by atoms with Crippen molar-refractivity contribution in [1.29, 1.82) is 0 Å². The Bertz CT molecular complexity index is 171. The smallest absolute Gasteiger partial charge is 0.223 e. The summed E-state index contributed by atoms with van der Waals surface area (Å²) in [7, 11) is 0. The van der Waals surface area contributed by atoms with Crippen LogP contribution < -0.4 is 5.32 Å². The predicted molar refractivity (Wildman–Crippen MR) is 74.4 cm³/mol. The van der Waals surface area contributed by atoms with E-state index < -0.39 is 0 Å². The number of nitrogens with one attached hydrogen (secondary N) is 1. The lowest BCUT2D eigenvalue weighted by atomic mass is 9.97. The molecule has 1 unspecified atom stereocenters. The molecule has 15 heavy (non-hydrogen) atoms. The second-order valence-electron chi connectivity index (χ2n) is 4.43. The molecule has 1 N–H and O–H groups in total. The Morgan fingerprint density at radius 1 is 1.13 bits per heavy atom. The van der Waals surface area contributed by atoms with Gasteiger partial charge in [-0.05, 0) is 23.2 Å². The van der Waals surface area contributed by atoms with Gasteiger partial charge in [-0.15, -0.1) is 0 Å². The van der Waals surface area contributed by atoms with Gasteiger partial charge in [0.1, 0.15) is 0 Å². The van der Waals surface area contributed by atoms with Gasteiger partial charge < -0.3 is 5.32 Å². The van der Waals surface area contributed by atoms with Crippen molar-refractivity contribution in [3.05, 3.63) is 0 Å². The number of rotatable bonds is 8. The number of unbranched alkanes of at least 4 members (excludes halogenated alkanes) is 3. The van der Waals surface area contributed by atoms with Crippen LogP contribution in [0, 0.1) is 11.8 Å². The van der Waals surface area contributed by atoms with Gasteiger partial charge in [0.25, 0.3) is 0 Å². The molecule has 3 heteroatoms. The molecule has 1 atom stereocenters. The van der Waals surface area contributed by atoms with Gasteiger partial charge in [0.05, 0.1) is 0 Å². The molecule has 0 spiro atoms. The first-order chi connectivity index (χ1) is 7.09. The van der Waals surface area contributed by atoms with Crippen molar-refractivity contribution >= 4 is 28.5 Å². The molecule has 0 bridgehead atoms. The van der Waals surface area contributed by atoms with E-state index in [0.717, 1.165) is 13.0 Å². The van der Waals surface area contributed by atoms with E-state index in [1.54, 1.807) is 0 Å². The molecular weight excluding hydrogens is 301 g/mol. The van der Waals surface area contributed by atoms with Gasteiger partial charge in [0.15, 0.2) is 0 Å². The van der Waals surface area contributed by atoms with Crippen LogP contribution in [-0.2, 0) is 4.79 Å². The minimum absolute atomic E-state index is 0.138. The molecule has 0 aliphatic carbocycles. The SMILES string of the molecule is CC(C)C(C)C(=O)NCCCCCCI. The Balaban J connectivity index is 3.39. The molecule has 0 aromatic heterocycles. The summed E-state index contributed by atoms with van der Waals surface area (Å²) in [6.07, 6.45) is 4.95. The molecule has 0 radical (unpaired) electrons. The van der Waals surface area contributed by atoms with Gasteiger partial charge in [-0.2, -0.15) is 0 Å². The fraction of sp³-hybridized carbons (Fsp3) is 0.917. The van der Waals surface area contributed by atoms with Crippen molar-refractivity contribution in [2.45, 2.75) is 46.5 Å². The van der Waals surface area contributed by atoms with Crippen LogP contribution >= 0.6 is 22.6 Å². The largest absolute Gasteiger partial charge is 0.356 e.